The Morgan fingerprint density at radius 1 is 1.77 bits per heavy atom. The molecule has 1 saturated heterocycles. The van der Waals surface area contributed by atoms with Crippen molar-refractivity contribution in [2.45, 2.75) is 25.5 Å². The minimum Gasteiger partial charge on any atom is -0.376 e. The lowest BCUT2D eigenvalue weighted by atomic mass is 10.2. The Balaban J connectivity index is 2.00. The topological polar surface area (TPSA) is 27.1 Å². The van der Waals surface area contributed by atoms with Gasteiger partial charge in [0.05, 0.1) is 17.7 Å². The van der Waals surface area contributed by atoms with Crippen molar-refractivity contribution < 1.29 is 4.74 Å². The van der Waals surface area contributed by atoms with Crippen LogP contribution < -0.4 is 0 Å². The largest absolute Gasteiger partial charge is 0.376 e. The molecule has 1 aliphatic rings. The average Bonchev–Trinajstić information content (AvgIpc) is 2.64. The first kappa shape index (κ1) is 9.73. The molecule has 0 spiro atoms. The molecule has 2 heterocycles. The van der Waals surface area contributed by atoms with E-state index in [1.807, 2.05) is 10.9 Å². The van der Waals surface area contributed by atoms with Crippen LogP contribution in [-0.2, 0) is 11.3 Å². The lowest BCUT2D eigenvalue weighted by Gasteiger charge is -2.08. The third-order valence-corrected chi connectivity index (χ3v) is 3.48. The van der Waals surface area contributed by atoms with E-state index in [0.717, 1.165) is 34.7 Å². The van der Waals surface area contributed by atoms with E-state index < -0.39 is 0 Å². The first-order chi connectivity index (χ1) is 6.25. The molecule has 13 heavy (non-hydrogen) atoms. The molecular weight excluding hydrogens is 302 g/mol. The van der Waals surface area contributed by atoms with Gasteiger partial charge in [0.1, 0.15) is 3.70 Å². The van der Waals surface area contributed by atoms with Crippen molar-refractivity contribution in [3.05, 3.63) is 14.9 Å². The zero-order valence-corrected chi connectivity index (χ0v) is 9.96. The van der Waals surface area contributed by atoms with Gasteiger partial charge < -0.3 is 4.74 Å². The van der Waals surface area contributed by atoms with E-state index in [1.54, 1.807) is 0 Å². The molecule has 0 N–H and O–H groups in total. The van der Waals surface area contributed by atoms with E-state index in [0.29, 0.717) is 6.10 Å². The van der Waals surface area contributed by atoms with Gasteiger partial charge in [0, 0.05) is 12.8 Å². The summed E-state index contributed by atoms with van der Waals surface area (Å²) >= 11 is 8.01. The van der Waals surface area contributed by atoms with Gasteiger partial charge in [-0.05, 0) is 35.4 Å². The van der Waals surface area contributed by atoms with Crippen LogP contribution in [0.15, 0.2) is 6.20 Å². The highest BCUT2D eigenvalue weighted by Crippen LogP contribution is 2.18. The molecule has 1 aromatic rings. The first-order valence-electron chi connectivity index (χ1n) is 4.26. The minimum absolute atomic E-state index is 0.326. The number of rotatable bonds is 2. The van der Waals surface area contributed by atoms with Crippen molar-refractivity contribution in [1.82, 2.24) is 9.78 Å². The quantitative estimate of drug-likeness (QED) is 0.784. The molecule has 0 amide bonds. The summed E-state index contributed by atoms with van der Waals surface area (Å²) < 4.78 is 8.22. The van der Waals surface area contributed by atoms with Crippen LogP contribution in [0.5, 0.6) is 0 Å². The Labute approximate surface area is 95.5 Å². The van der Waals surface area contributed by atoms with Crippen LogP contribution in [0.2, 0.25) is 5.02 Å². The molecule has 5 heteroatoms. The minimum atomic E-state index is 0.326. The predicted molar refractivity (Wildman–Crippen MR) is 58.9 cm³/mol. The fraction of sp³-hybridized carbons (Fsp3) is 0.625. The van der Waals surface area contributed by atoms with Crippen LogP contribution in [0, 0.1) is 3.70 Å². The summed E-state index contributed by atoms with van der Waals surface area (Å²) in [6.07, 6.45) is 4.47. The third-order valence-electron chi connectivity index (χ3n) is 2.09. The molecule has 0 bridgehead atoms. The van der Waals surface area contributed by atoms with Crippen LogP contribution in [0.4, 0.5) is 0 Å². The zero-order chi connectivity index (χ0) is 9.26. The molecule has 1 aromatic heterocycles. The number of halogens is 2. The Bertz CT molecular complexity index is 277. The lowest BCUT2D eigenvalue weighted by Crippen LogP contribution is -2.15. The molecule has 1 aliphatic heterocycles. The van der Waals surface area contributed by atoms with Crippen molar-refractivity contribution in [2.24, 2.45) is 0 Å². The maximum Gasteiger partial charge on any atom is 0.141 e. The van der Waals surface area contributed by atoms with E-state index in [1.165, 1.54) is 0 Å². The number of hydrogen-bond donors (Lipinski definition) is 0. The van der Waals surface area contributed by atoms with E-state index in [-0.39, 0.29) is 0 Å². The van der Waals surface area contributed by atoms with E-state index in [9.17, 15) is 0 Å². The highest BCUT2D eigenvalue weighted by molar-refractivity contribution is 14.1. The normalized spacial score (nSPS) is 22.5. The van der Waals surface area contributed by atoms with Gasteiger partial charge in [-0.1, -0.05) is 11.6 Å². The number of ether oxygens (including phenoxy) is 1. The van der Waals surface area contributed by atoms with E-state index in [4.69, 9.17) is 16.3 Å². The monoisotopic (exact) mass is 312 g/mol. The lowest BCUT2D eigenvalue weighted by molar-refractivity contribution is 0.0939. The Morgan fingerprint density at radius 2 is 2.62 bits per heavy atom. The van der Waals surface area contributed by atoms with Gasteiger partial charge in [-0.2, -0.15) is 5.10 Å². The maximum atomic E-state index is 5.88. The molecule has 0 aromatic carbocycles. The number of nitrogens with zero attached hydrogens (tertiary/aromatic N) is 2. The van der Waals surface area contributed by atoms with Crippen LogP contribution in [-0.4, -0.2) is 22.5 Å². The first-order valence-corrected chi connectivity index (χ1v) is 5.71. The summed E-state index contributed by atoms with van der Waals surface area (Å²) in [6, 6.07) is 0. The highest BCUT2D eigenvalue weighted by atomic mass is 127. The fourth-order valence-corrected chi connectivity index (χ4v) is 2.03. The van der Waals surface area contributed by atoms with Crippen molar-refractivity contribution in [3.63, 3.8) is 0 Å². The summed E-state index contributed by atoms with van der Waals surface area (Å²) in [7, 11) is 0. The SMILES string of the molecule is Clc1cn(CC2CCCO2)nc1I. The molecular formula is C8H10ClIN2O. The Hall–Kier alpha value is 0.190. The van der Waals surface area contributed by atoms with Crippen LogP contribution >= 0.6 is 34.2 Å². The van der Waals surface area contributed by atoms with Gasteiger partial charge in [0.15, 0.2) is 0 Å². The van der Waals surface area contributed by atoms with Crippen LogP contribution in [0.3, 0.4) is 0 Å². The van der Waals surface area contributed by atoms with Gasteiger partial charge >= 0.3 is 0 Å². The fourth-order valence-electron chi connectivity index (χ4n) is 1.46. The molecule has 2 rings (SSSR count). The molecule has 0 radical (unpaired) electrons. The van der Waals surface area contributed by atoms with Crippen molar-refractivity contribution in [1.29, 1.82) is 0 Å². The van der Waals surface area contributed by atoms with Gasteiger partial charge in [0.25, 0.3) is 0 Å². The molecule has 3 nitrogen and oxygen atoms in total. The van der Waals surface area contributed by atoms with Gasteiger partial charge in [-0.25, -0.2) is 0 Å². The predicted octanol–water partition coefficient (Wildman–Crippen LogP) is 2.32. The smallest absolute Gasteiger partial charge is 0.141 e. The highest BCUT2D eigenvalue weighted by Gasteiger charge is 2.16. The summed E-state index contributed by atoms with van der Waals surface area (Å²) in [4.78, 5) is 0. The summed E-state index contributed by atoms with van der Waals surface area (Å²) in [5.41, 5.74) is 0. The van der Waals surface area contributed by atoms with Crippen molar-refractivity contribution in [3.8, 4) is 0 Å². The van der Waals surface area contributed by atoms with Crippen molar-refractivity contribution >= 4 is 34.2 Å². The summed E-state index contributed by atoms with van der Waals surface area (Å²) in [5, 5.41) is 4.99. The summed E-state index contributed by atoms with van der Waals surface area (Å²) in [6.45, 7) is 1.71. The molecule has 0 saturated carbocycles. The number of hydrogen-bond acceptors (Lipinski definition) is 2. The van der Waals surface area contributed by atoms with Gasteiger partial charge in [-0.3, -0.25) is 4.68 Å². The van der Waals surface area contributed by atoms with Crippen LogP contribution in [0.25, 0.3) is 0 Å². The molecule has 1 fully saturated rings. The Morgan fingerprint density at radius 3 is 3.15 bits per heavy atom. The summed E-state index contributed by atoms with van der Waals surface area (Å²) in [5.74, 6) is 0. The van der Waals surface area contributed by atoms with Crippen molar-refractivity contribution in [2.75, 3.05) is 6.61 Å². The maximum absolute atomic E-state index is 5.88. The molecule has 72 valence electrons. The Kier molecular flexibility index (Phi) is 3.10. The van der Waals surface area contributed by atoms with Crippen LogP contribution in [0.1, 0.15) is 12.8 Å². The molecule has 1 atom stereocenters. The second-order valence-corrected chi connectivity index (χ2v) is 4.55. The zero-order valence-electron chi connectivity index (χ0n) is 7.04. The van der Waals surface area contributed by atoms with E-state index >= 15 is 0 Å². The molecule has 1 unspecified atom stereocenters. The second kappa shape index (κ2) is 4.14. The van der Waals surface area contributed by atoms with E-state index in [2.05, 4.69) is 27.7 Å². The second-order valence-electron chi connectivity index (χ2n) is 3.12. The standard InChI is InChI=1S/C8H10ClIN2O/c9-7-5-12(11-8(7)10)4-6-2-1-3-13-6/h5-6H,1-4H2. The van der Waals surface area contributed by atoms with Gasteiger partial charge in [0.2, 0.25) is 0 Å². The number of aromatic nitrogens is 2. The van der Waals surface area contributed by atoms with Gasteiger partial charge in [-0.15, -0.1) is 0 Å². The average molecular weight is 313 g/mol. The molecule has 0 aliphatic carbocycles. The third kappa shape index (κ3) is 2.35.